The average molecular weight is 255 g/mol. The fourth-order valence-electron chi connectivity index (χ4n) is 2.73. The maximum Gasteiger partial charge on any atom is 0.150 e. The molecule has 3 rings (SSSR count). The number of carbonyl (C=O) groups excluding carboxylic acids is 1. The van der Waals surface area contributed by atoms with Gasteiger partial charge in [-0.15, -0.1) is 0 Å². The van der Waals surface area contributed by atoms with E-state index < -0.39 is 0 Å². The Morgan fingerprint density at radius 3 is 2.53 bits per heavy atom. The number of carbonyl (C=O) groups is 1. The molecule has 0 spiro atoms. The van der Waals surface area contributed by atoms with Crippen LogP contribution in [0.3, 0.4) is 0 Å². The molecule has 0 unspecified atom stereocenters. The summed E-state index contributed by atoms with van der Waals surface area (Å²) >= 11 is 0. The summed E-state index contributed by atoms with van der Waals surface area (Å²) in [6, 6.07) is 7.99. The van der Waals surface area contributed by atoms with Gasteiger partial charge in [-0.1, -0.05) is 24.3 Å². The van der Waals surface area contributed by atoms with Crippen molar-refractivity contribution < 1.29 is 4.79 Å². The lowest BCUT2D eigenvalue weighted by molar-refractivity contribution is 0.112. The van der Waals surface area contributed by atoms with Crippen molar-refractivity contribution in [1.29, 1.82) is 0 Å². The number of nitrogens with zero attached hydrogens (tertiary/aromatic N) is 2. The second kappa shape index (κ2) is 5.26. The molecule has 2 aromatic rings. The van der Waals surface area contributed by atoms with Gasteiger partial charge in [-0.2, -0.15) is 5.10 Å². The van der Waals surface area contributed by atoms with E-state index in [4.69, 9.17) is 0 Å². The molecular weight excluding hydrogens is 238 g/mol. The van der Waals surface area contributed by atoms with Crippen LogP contribution in [0.4, 0.5) is 5.69 Å². The minimum atomic E-state index is 0.601. The number of piperidine rings is 1. The zero-order chi connectivity index (χ0) is 13.1. The molecule has 4 heteroatoms. The van der Waals surface area contributed by atoms with Crippen LogP contribution in [0, 0.1) is 0 Å². The molecule has 1 aromatic heterocycles. The summed E-state index contributed by atoms with van der Waals surface area (Å²) in [6.07, 6.45) is 7.00. The van der Waals surface area contributed by atoms with Gasteiger partial charge in [-0.3, -0.25) is 9.89 Å². The quantitative estimate of drug-likeness (QED) is 0.858. The van der Waals surface area contributed by atoms with Crippen molar-refractivity contribution in [2.75, 3.05) is 18.0 Å². The van der Waals surface area contributed by atoms with Crippen LogP contribution in [-0.2, 0) is 0 Å². The first kappa shape index (κ1) is 12.0. The van der Waals surface area contributed by atoms with Crippen LogP contribution in [0.2, 0.25) is 0 Å². The molecule has 19 heavy (non-hydrogen) atoms. The highest BCUT2D eigenvalue weighted by atomic mass is 16.1. The molecule has 1 saturated heterocycles. The molecule has 4 nitrogen and oxygen atoms in total. The van der Waals surface area contributed by atoms with Crippen molar-refractivity contribution in [1.82, 2.24) is 10.2 Å². The van der Waals surface area contributed by atoms with Crippen LogP contribution in [0.5, 0.6) is 0 Å². The molecule has 98 valence electrons. The summed E-state index contributed by atoms with van der Waals surface area (Å²) in [6.45, 7) is 2.11. The average Bonchev–Trinajstić information content (AvgIpc) is 3.02. The molecule has 0 bridgehead atoms. The molecule has 0 radical (unpaired) electrons. The summed E-state index contributed by atoms with van der Waals surface area (Å²) in [7, 11) is 0. The number of hydrogen-bond donors (Lipinski definition) is 1. The highest BCUT2D eigenvalue weighted by molar-refractivity contribution is 5.74. The van der Waals surface area contributed by atoms with E-state index in [1.165, 1.54) is 11.3 Å². The normalized spacial score (nSPS) is 16.5. The number of aromatic nitrogens is 2. The Labute approximate surface area is 112 Å². The van der Waals surface area contributed by atoms with Crippen LogP contribution in [0.1, 0.15) is 34.7 Å². The Bertz CT molecular complexity index is 525. The van der Waals surface area contributed by atoms with E-state index in [0.29, 0.717) is 5.92 Å². The maximum atomic E-state index is 10.7. The van der Waals surface area contributed by atoms with E-state index in [-0.39, 0.29) is 0 Å². The molecular formula is C15H17N3O. The molecule has 0 aliphatic carbocycles. The van der Waals surface area contributed by atoms with Gasteiger partial charge < -0.3 is 4.90 Å². The summed E-state index contributed by atoms with van der Waals surface area (Å²) < 4.78 is 0. The molecule has 0 saturated carbocycles. The minimum Gasteiger partial charge on any atom is -0.369 e. The first-order chi connectivity index (χ1) is 9.36. The standard InChI is InChI=1S/C15H17N3O/c19-11-12-1-3-13(4-2-12)14-5-7-18(8-6-14)15-9-16-17-10-15/h1-4,9-11,14H,5-8H2,(H,16,17). The lowest BCUT2D eigenvalue weighted by Gasteiger charge is -2.32. The highest BCUT2D eigenvalue weighted by Crippen LogP contribution is 2.30. The number of hydrogen-bond acceptors (Lipinski definition) is 3. The Morgan fingerprint density at radius 1 is 1.21 bits per heavy atom. The van der Waals surface area contributed by atoms with Gasteiger partial charge in [0.1, 0.15) is 6.29 Å². The Balaban J connectivity index is 1.64. The molecule has 1 fully saturated rings. The van der Waals surface area contributed by atoms with Crippen LogP contribution in [-0.4, -0.2) is 29.6 Å². The fraction of sp³-hybridized carbons (Fsp3) is 0.333. The monoisotopic (exact) mass is 255 g/mol. The van der Waals surface area contributed by atoms with E-state index in [9.17, 15) is 4.79 Å². The number of nitrogens with one attached hydrogen (secondary N) is 1. The number of rotatable bonds is 3. The first-order valence-electron chi connectivity index (χ1n) is 6.65. The van der Waals surface area contributed by atoms with Gasteiger partial charge in [-0.05, 0) is 24.3 Å². The second-order valence-electron chi connectivity index (χ2n) is 5.00. The number of H-pyrrole nitrogens is 1. The number of anilines is 1. The third-order valence-corrected chi connectivity index (χ3v) is 3.89. The molecule has 1 N–H and O–H groups in total. The molecule has 0 atom stereocenters. The van der Waals surface area contributed by atoms with Crippen molar-refractivity contribution >= 4 is 12.0 Å². The Morgan fingerprint density at radius 2 is 1.95 bits per heavy atom. The van der Waals surface area contributed by atoms with Crippen LogP contribution in [0.25, 0.3) is 0 Å². The van der Waals surface area contributed by atoms with E-state index in [1.54, 1.807) is 0 Å². The summed E-state index contributed by atoms with van der Waals surface area (Å²) in [5, 5.41) is 6.85. The molecule has 0 amide bonds. The predicted molar refractivity (Wildman–Crippen MR) is 74.6 cm³/mol. The number of aldehydes is 1. The lowest BCUT2D eigenvalue weighted by Crippen LogP contribution is -2.32. The number of aromatic amines is 1. The van der Waals surface area contributed by atoms with E-state index >= 15 is 0 Å². The fourth-order valence-corrected chi connectivity index (χ4v) is 2.73. The molecule has 1 aliphatic rings. The van der Waals surface area contributed by atoms with Crippen molar-refractivity contribution in [3.8, 4) is 0 Å². The summed E-state index contributed by atoms with van der Waals surface area (Å²) in [4.78, 5) is 13.0. The summed E-state index contributed by atoms with van der Waals surface area (Å²) in [5.74, 6) is 0.601. The number of benzene rings is 1. The molecule has 1 aliphatic heterocycles. The Kier molecular flexibility index (Phi) is 3.31. The smallest absolute Gasteiger partial charge is 0.150 e. The van der Waals surface area contributed by atoms with Crippen molar-refractivity contribution in [2.24, 2.45) is 0 Å². The van der Waals surface area contributed by atoms with Crippen LogP contribution in [0.15, 0.2) is 36.7 Å². The topological polar surface area (TPSA) is 49.0 Å². The maximum absolute atomic E-state index is 10.7. The van der Waals surface area contributed by atoms with Crippen molar-refractivity contribution in [3.05, 3.63) is 47.8 Å². The van der Waals surface area contributed by atoms with Crippen LogP contribution >= 0.6 is 0 Å². The Hall–Kier alpha value is -2.10. The zero-order valence-electron chi connectivity index (χ0n) is 10.7. The molecule has 1 aromatic carbocycles. The first-order valence-corrected chi connectivity index (χ1v) is 6.65. The third-order valence-electron chi connectivity index (χ3n) is 3.89. The van der Waals surface area contributed by atoms with Gasteiger partial charge in [0.15, 0.2) is 0 Å². The van der Waals surface area contributed by atoms with Gasteiger partial charge in [0.25, 0.3) is 0 Å². The molecule has 2 heterocycles. The van der Waals surface area contributed by atoms with E-state index in [2.05, 4.69) is 27.2 Å². The van der Waals surface area contributed by atoms with E-state index in [1.807, 2.05) is 24.5 Å². The van der Waals surface area contributed by atoms with Gasteiger partial charge >= 0.3 is 0 Å². The third kappa shape index (κ3) is 2.52. The highest BCUT2D eigenvalue weighted by Gasteiger charge is 2.21. The summed E-state index contributed by atoms with van der Waals surface area (Å²) in [5.41, 5.74) is 3.27. The zero-order valence-corrected chi connectivity index (χ0v) is 10.7. The van der Waals surface area contributed by atoms with Gasteiger partial charge in [0.05, 0.1) is 11.9 Å². The minimum absolute atomic E-state index is 0.601. The van der Waals surface area contributed by atoms with Crippen molar-refractivity contribution in [2.45, 2.75) is 18.8 Å². The van der Waals surface area contributed by atoms with Crippen molar-refractivity contribution in [3.63, 3.8) is 0 Å². The lowest BCUT2D eigenvalue weighted by atomic mass is 9.89. The van der Waals surface area contributed by atoms with Crippen LogP contribution < -0.4 is 4.90 Å². The predicted octanol–water partition coefficient (Wildman–Crippen LogP) is 2.61. The largest absolute Gasteiger partial charge is 0.369 e. The van der Waals surface area contributed by atoms with Gasteiger partial charge in [0, 0.05) is 24.8 Å². The second-order valence-corrected chi connectivity index (χ2v) is 5.00. The van der Waals surface area contributed by atoms with Gasteiger partial charge in [0.2, 0.25) is 0 Å². The SMILES string of the molecule is O=Cc1ccc(C2CCN(c3cn[nH]c3)CC2)cc1. The van der Waals surface area contributed by atoms with E-state index in [0.717, 1.165) is 37.8 Å². The van der Waals surface area contributed by atoms with Gasteiger partial charge in [-0.25, -0.2) is 0 Å².